The van der Waals surface area contributed by atoms with Gasteiger partial charge in [0.1, 0.15) is 5.75 Å². The number of halogens is 1. The summed E-state index contributed by atoms with van der Waals surface area (Å²) in [6, 6.07) is 17.7. The third kappa shape index (κ3) is 4.65. The van der Waals surface area contributed by atoms with Gasteiger partial charge in [-0.1, -0.05) is 30.3 Å². The van der Waals surface area contributed by atoms with Crippen molar-refractivity contribution in [2.24, 2.45) is 5.92 Å². The smallest absolute Gasteiger partial charge is 0.169 e. The highest BCUT2D eigenvalue weighted by Gasteiger charge is 2.14. The van der Waals surface area contributed by atoms with E-state index in [1.54, 1.807) is 0 Å². The monoisotopic (exact) mass is 319 g/mol. The summed E-state index contributed by atoms with van der Waals surface area (Å²) in [4.78, 5) is 0. The van der Waals surface area contributed by atoms with Gasteiger partial charge in [-0.2, -0.15) is 0 Å². The molecule has 4 heteroatoms. The van der Waals surface area contributed by atoms with Crippen LogP contribution in [0.15, 0.2) is 54.6 Å². The van der Waals surface area contributed by atoms with Crippen molar-refractivity contribution in [1.82, 2.24) is 5.32 Å². The van der Waals surface area contributed by atoms with Crippen molar-refractivity contribution in [3.8, 4) is 17.2 Å². The fraction of sp³-hybridized carbons (Fsp3) is 0.333. The van der Waals surface area contributed by atoms with Crippen molar-refractivity contribution in [3.63, 3.8) is 0 Å². The van der Waals surface area contributed by atoms with Crippen LogP contribution in [0.25, 0.3) is 0 Å². The van der Waals surface area contributed by atoms with Crippen LogP contribution < -0.4 is 14.8 Å². The number of hydrogen-bond acceptors (Lipinski definition) is 3. The fourth-order valence-electron chi connectivity index (χ4n) is 2.54. The van der Waals surface area contributed by atoms with E-state index < -0.39 is 0 Å². The fourth-order valence-corrected chi connectivity index (χ4v) is 2.54. The maximum Gasteiger partial charge on any atom is 0.169 e. The average Bonchev–Trinajstić information content (AvgIpc) is 2.56. The maximum absolute atomic E-state index is 5.98. The van der Waals surface area contributed by atoms with Gasteiger partial charge in [-0.3, -0.25) is 0 Å². The molecule has 0 saturated carbocycles. The molecule has 22 heavy (non-hydrogen) atoms. The number of ether oxygens (including phenoxy) is 2. The number of hydrogen-bond donors (Lipinski definition) is 1. The molecule has 1 N–H and O–H groups in total. The van der Waals surface area contributed by atoms with Crippen molar-refractivity contribution in [1.29, 1.82) is 0 Å². The molecule has 3 rings (SSSR count). The zero-order valence-electron chi connectivity index (χ0n) is 12.5. The van der Waals surface area contributed by atoms with Crippen LogP contribution in [0.2, 0.25) is 0 Å². The van der Waals surface area contributed by atoms with Crippen molar-refractivity contribution in [2.45, 2.75) is 12.8 Å². The molecule has 1 atom stereocenters. The van der Waals surface area contributed by atoms with Gasteiger partial charge in [0, 0.05) is 12.5 Å². The van der Waals surface area contributed by atoms with Crippen LogP contribution in [0.5, 0.6) is 17.2 Å². The highest BCUT2D eigenvalue weighted by Crippen LogP contribution is 2.31. The van der Waals surface area contributed by atoms with Gasteiger partial charge in [0.25, 0.3) is 0 Å². The van der Waals surface area contributed by atoms with E-state index in [0.717, 1.165) is 36.9 Å². The van der Waals surface area contributed by atoms with E-state index in [-0.39, 0.29) is 12.4 Å². The summed E-state index contributed by atoms with van der Waals surface area (Å²) in [5.41, 5.74) is 0. The Balaban J connectivity index is 0.00000176. The van der Waals surface area contributed by atoms with Gasteiger partial charge in [0.2, 0.25) is 0 Å². The van der Waals surface area contributed by atoms with Gasteiger partial charge in [0.05, 0.1) is 6.61 Å². The minimum atomic E-state index is 0. The van der Waals surface area contributed by atoms with E-state index in [9.17, 15) is 0 Å². The lowest BCUT2D eigenvalue weighted by Gasteiger charge is -2.23. The van der Waals surface area contributed by atoms with Crippen LogP contribution >= 0.6 is 12.4 Å². The number of rotatable bonds is 5. The van der Waals surface area contributed by atoms with Crippen LogP contribution in [0.4, 0.5) is 0 Å². The van der Waals surface area contributed by atoms with E-state index in [0.29, 0.717) is 5.92 Å². The molecule has 0 radical (unpaired) electrons. The first-order valence-corrected chi connectivity index (χ1v) is 7.57. The molecule has 3 nitrogen and oxygen atoms in total. The summed E-state index contributed by atoms with van der Waals surface area (Å²) in [7, 11) is 0. The second kappa shape index (κ2) is 8.66. The Bertz CT molecular complexity index is 556. The van der Waals surface area contributed by atoms with Gasteiger partial charge in [-0.15, -0.1) is 12.4 Å². The molecule has 1 aliphatic heterocycles. The van der Waals surface area contributed by atoms with E-state index in [1.165, 1.54) is 12.8 Å². The zero-order chi connectivity index (χ0) is 14.3. The predicted octanol–water partition coefficient (Wildman–Crippen LogP) is 4.28. The number of para-hydroxylation sites is 3. The third-order valence-electron chi connectivity index (χ3n) is 3.69. The molecule has 118 valence electrons. The Kier molecular flexibility index (Phi) is 6.56. The Labute approximate surface area is 138 Å². The molecule has 1 aliphatic rings. The van der Waals surface area contributed by atoms with E-state index in [4.69, 9.17) is 9.47 Å². The molecule has 1 fully saturated rings. The summed E-state index contributed by atoms with van der Waals surface area (Å²) < 4.78 is 11.9. The Hall–Kier alpha value is -1.71. The molecule has 0 aliphatic carbocycles. The average molecular weight is 320 g/mol. The predicted molar refractivity (Wildman–Crippen MR) is 91.3 cm³/mol. The molecular weight excluding hydrogens is 298 g/mol. The van der Waals surface area contributed by atoms with Crippen molar-refractivity contribution in [2.75, 3.05) is 19.7 Å². The summed E-state index contributed by atoms with van der Waals surface area (Å²) in [6.45, 7) is 2.91. The largest absolute Gasteiger partial charge is 0.489 e. The molecular formula is C18H22ClNO2. The summed E-state index contributed by atoms with van der Waals surface area (Å²) in [5, 5.41) is 3.41. The molecule has 0 amide bonds. The molecule has 1 heterocycles. The lowest BCUT2D eigenvalue weighted by molar-refractivity contribution is 0.213. The van der Waals surface area contributed by atoms with Crippen LogP contribution in [0, 0.1) is 5.92 Å². The van der Waals surface area contributed by atoms with Crippen molar-refractivity contribution in [3.05, 3.63) is 54.6 Å². The second-order valence-electron chi connectivity index (χ2n) is 5.39. The first-order chi connectivity index (χ1) is 10.4. The van der Waals surface area contributed by atoms with E-state index in [2.05, 4.69) is 5.32 Å². The second-order valence-corrected chi connectivity index (χ2v) is 5.39. The number of piperidine rings is 1. The lowest BCUT2D eigenvalue weighted by Crippen LogP contribution is -2.33. The van der Waals surface area contributed by atoms with Gasteiger partial charge < -0.3 is 14.8 Å². The standard InChI is InChI=1S/C18H21NO2.ClH/c1-2-8-16(9-3-1)21-18-11-5-4-10-17(18)20-14-15-7-6-12-19-13-15;/h1-5,8-11,15,19H,6-7,12-14H2;1H/t15-;/m0./s1. The lowest BCUT2D eigenvalue weighted by atomic mass is 10.0. The molecule has 0 spiro atoms. The third-order valence-corrected chi connectivity index (χ3v) is 3.69. The minimum Gasteiger partial charge on any atom is -0.489 e. The zero-order valence-corrected chi connectivity index (χ0v) is 13.4. The Morgan fingerprint density at radius 2 is 1.68 bits per heavy atom. The SMILES string of the molecule is Cl.c1ccc(Oc2ccccc2OC[C@H]2CCCNC2)cc1. The van der Waals surface area contributed by atoms with E-state index >= 15 is 0 Å². The van der Waals surface area contributed by atoms with Gasteiger partial charge >= 0.3 is 0 Å². The van der Waals surface area contributed by atoms with E-state index in [1.807, 2.05) is 54.6 Å². The van der Waals surface area contributed by atoms with Gasteiger partial charge in [-0.25, -0.2) is 0 Å². The molecule has 1 saturated heterocycles. The number of nitrogens with one attached hydrogen (secondary N) is 1. The Morgan fingerprint density at radius 1 is 0.955 bits per heavy atom. The number of benzene rings is 2. The molecule has 0 aromatic heterocycles. The molecule has 0 bridgehead atoms. The normalized spacial score (nSPS) is 17.4. The topological polar surface area (TPSA) is 30.5 Å². The highest BCUT2D eigenvalue weighted by molar-refractivity contribution is 5.85. The summed E-state index contributed by atoms with van der Waals surface area (Å²) in [5.74, 6) is 3.00. The van der Waals surface area contributed by atoms with Gasteiger partial charge in [-0.05, 0) is 43.7 Å². The van der Waals surface area contributed by atoms with Gasteiger partial charge in [0.15, 0.2) is 11.5 Å². The summed E-state index contributed by atoms with van der Waals surface area (Å²) >= 11 is 0. The first-order valence-electron chi connectivity index (χ1n) is 7.57. The van der Waals surface area contributed by atoms with Crippen LogP contribution in [0.3, 0.4) is 0 Å². The first kappa shape index (κ1) is 16.7. The molecule has 2 aromatic rings. The Morgan fingerprint density at radius 3 is 2.41 bits per heavy atom. The maximum atomic E-state index is 5.98. The minimum absolute atomic E-state index is 0. The highest BCUT2D eigenvalue weighted by atomic mass is 35.5. The molecule has 2 aromatic carbocycles. The molecule has 0 unspecified atom stereocenters. The van der Waals surface area contributed by atoms with Crippen LogP contribution in [-0.2, 0) is 0 Å². The van der Waals surface area contributed by atoms with Crippen molar-refractivity contribution >= 4 is 12.4 Å². The quantitative estimate of drug-likeness (QED) is 0.892. The van der Waals surface area contributed by atoms with Crippen molar-refractivity contribution < 1.29 is 9.47 Å². The van der Waals surface area contributed by atoms with Crippen LogP contribution in [-0.4, -0.2) is 19.7 Å². The summed E-state index contributed by atoms with van der Waals surface area (Å²) in [6.07, 6.45) is 2.46. The van der Waals surface area contributed by atoms with Crippen LogP contribution in [0.1, 0.15) is 12.8 Å².